The molecule has 4 nitrogen and oxygen atoms in total. The summed E-state index contributed by atoms with van der Waals surface area (Å²) in [5.41, 5.74) is 1.00. The maximum atomic E-state index is 11.7. The van der Waals surface area contributed by atoms with E-state index in [1.165, 1.54) is 4.90 Å². The largest absolute Gasteiger partial charge is 0.508 e. The SMILES string of the molecule is CC1CC(=O)N(CCc2ccc(O)cc2)C1=O. The van der Waals surface area contributed by atoms with Gasteiger partial charge in [0.25, 0.3) is 0 Å². The molecule has 90 valence electrons. The fraction of sp³-hybridized carbons (Fsp3) is 0.385. The van der Waals surface area contributed by atoms with Gasteiger partial charge in [0.1, 0.15) is 5.75 Å². The number of rotatable bonds is 3. The molecule has 1 aliphatic rings. The van der Waals surface area contributed by atoms with Crippen LogP contribution in [-0.2, 0) is 16.0 Å². The Morgan fingerprint density at radius 1 is 1.29 bits per heavy atom. The number of likely N-dealkylation sites (tertiary alicyclic amines) is 1. The Hall–Kier alpha value is -1.84. The number of benzene rings is 1. The summed E-state index contributed by atoms with van der Waals surface area (Å²) < 4.78 is 0. The van der Waals surface area contributed by atoms with Gasteiger partial charge in [-0.3, -0.25) is 14.5 Å². The number of carbonyl (C=O) groups excluding carboxylic acids is 2. The second-order valence-corrected chi connectivity index (χ2v) is 4.41. The predicted octanol–water partition coefficient (Wildman–Crippen LogP) is 1.33. The smallest absolute Gasteiger partial charge is 0.232 e. The van der Waals surface area contributed by atoms with Gasteiger partial charge in [-0.1, -0.05) is 19.1 Å². The first-order valence-corrected chi connectivity index (χ1v) is 5.70. The topological polar surface area (TPSA) is 57.6 Å². The molecule has 1 aromatic carbocycles. The molecule has 1 saturated heterocycles. The number of carbonyl (C=O) groups is 2. The second-order valence-electron chi connectivity index (χ2n) is 4.41. The monoisotopic (exact) mass is 233 g/mol. The zero-order chi connectivity index (χ0) is 12.4. The summed E-state index contributed by atoms with van der Waals surface area (Å²) in [6.45, 7) is 2.20. The predicted molar refractivity (Wildman–Crippen MR) is 62.3 cm³/mol. The van der Waals surface area contributed by atoms with Crippen LogP contribution >= 0.6 is 0 Å². The maximum Gasteiger partial charge on any atom is 0.232 e. The van der Waals surface area contributed by atoms with Crippen LogP contribution in [0.3, 0.4) is 0 Å². The van der Waals surface area contributed by atoms with Gasteiger partial charge in [0.2, 0.25) is 11.8 Å². The molecule has 1 atom stereocenters. The molecule has 0 spiro atoms. The lowest BCUT2D eigenvalue weighted by Crippen LogP contribution is -2.32. The van der Waals surface area contributed by atoms with Gasteiger partial charge in [0.05, 0.1) is 0 Å². The molecule has 2 rings (SSSR count). The molecule has 0 bridgehead atoms. The van der Waals surface area contributed by atoms with Gasteiger partial charge in [-0.25, -0.2) is 0 Å². The molecule has 0 saturated carbocycles. The zero-order valence-corrected chi connectivity index (χ0v) is 9.72. The van der Waals surface area contributed by atoms with Crippen molar-refractivity contribution in [3.8, 4) is 5.75 Å². The fourth-order valence-corrected chi connectivity index (χ4v) is 1.99. The summed E-state index contributed by atoms with van der Waals surface area (Å²) in [6, 6.07) is 6.80. The molecule has 1 unspecified atom stereocenters. The minimum atomic E-state index is -0.178. The molecule has 2 amide bonds. The molecular weight excluding hydrogens is 218 g/mol. The van der Waals surface area contributed by atoms with Gasteiger partial charge < -0.3 is 5.11 Å². The van der Waals surface area contributed by atoms with E-state index < -0.39 is 0 Å². The lowest BCUT2D eigenvalue weighted by atomic mass is 10.1. The molecule has 1 aromatic rings. The highest BCUT2D eigenvalue weighted by Crippen LogP contribution is 2.19. The number of hydrogen-bond acceptors (Lipinski definition) is 3. The summed E-state index contributed by atoms with van der Waals surface area (Å²) in [6.07, 6.45) is 0.957. The summed E-state index contributed by atoms with van der Waals surface area (Å²) >= 11 is 0. The third-order valence-electron chi connectivity index (χ3n) is 3.03. The summed E-state index contributed by atoms with van der Waals surface area (Å²) in [7, 11) is 0. The van der Waals surface area contributed by atoms with Crippen LogP contribution in [0.25, 0.3) is 0 Å². The van der Waals surface area contributed by atoms with Crippen molar-refractivity contribution in [1.82, 2.24) is 4.90 Å². The lowest BCUT2D eigenvalue weighted by Gasteiger charge is -2.14. The van der Waals surface area contributed by atoms with Crippen molar-refractivity contribution >= 4 is 11.8 Å². The average Bonchev–Trinajstić information content (AvgIpc) is 2.54. The number of imide groups is 1. The summed E-state index contributed by atoms with van der Waals surface area (Å²) in [5, 5.41) is 9.14. The highest BCUT2D eigenvalue weighted by atomic mass is 16.3. The average molecular weight is 233 g/mol. The molecular formula is C13H15NO3. The van der Waals surface area contributed by atoms with Gasteiger partial charge in [0, 0.05) is 18.9 Å². The van der Waals surface area contributed by atoms with E-state index in [0.717, 1.165) is 5.56 Å². The summed E-state index contributed by atoms with van der Waals surface area (Å²) in [5.74, 6) is -0.118. The van der Waals surface area contributed by atoms with Crippen LogP contribution in [0.15, 0.2) is 24.3 Å². The van der Waals surface area contributed by atoms with Gasteiger partial charge in [-0.05, 0) is 24.1 Å². The van der Waals surface area contributed by atoms with Crippen LogP contribution in [0.1, 0.15) is 18.9 Å². The van der Waals surface area contributed by atoms with Crippen molar-refractivity contribution in [3.05, 3.63) is 29.8 Å². The Morgan fingerprint density at radius 2 is 1.94 bits per heavy atom. The Labute approximate surface area is 99.9 Å². The third kappa shape index (κ3) is 2.46. The van der Waals surface area contributed by atoms with Gasteiger partial charge >= 0.3 is 0 Å². The summed E-state index contributed by atoms with van der Waals surface area (Å²) in [4.78, 5) is 24.5. The quantitative estimate of drug-likeness (QED) is 0.801. The molecule has 1 heterocycles. The number of aromatic hydroxyl groups is 1. The van der Waals surface area contributed by atoms with Crippen LogP contribution in [0.4, 0.5) is 0 Å². The molecule has 17 heavy (non-hydrogen) atoms. The van der Waals surface area contributed by atoms with Crippen molar-refractivity contribution in [2.24, 2.45) is 5.92 Å². The minimum absolute atomic E-state index is 0.0752. The minimum Gasteiger partial charge on any atom is -0.508 e. The van der Waals surface area contributed by atoms with Crippen LogP contribution < -0.4 is 0 Å². The number of nitrogens with zero attached hydrogens (tertiary/aromatic N) is 1. The number of phenols is 1. The Bertz CT molecular complexity index is 438. The van der Waals surface area contributed by atoms with E-state index in [9.17, 15) is 9.59 Å². The normalized spacial score (nSPS) is 20.1. The van der Waals surface area contributed by atoms with E-state index >= 15 is 0 Å². The first-order chi connectivity index (χ1) is 8.08. The number of phenolic OH excluding ortho intramolecular Hbond substituents is 1. The van der Waals surface area contributed by atoms with Gasteiger partial charge in [-0.2, -0.15) is 0 Å². The van der Waals surface area contributed by atoms with E-state index in [1.54, 1.807) is 31.2 Å². The standard InChI is InChI=1S/C13H15NO3/c1-9-8-12(16)14(13(9)17)7-6-10-2-4-11(15)5-3-10/h2-5,9,15H,6-8H2,1H3. The van der Waals surface area contributed by atoms with Crippen molar-refractivity contribution in [1.29, 1.82) is 0 Å². The van der Waals surface area contributed by atoms with Crippen molar-refractivity contribution in [3.63, 3.8) is 0 Å². The van der Waals surface area contributed by atoms with Crippen molar-refractivity contribution in [2.45, 2.75) is 19.8 Å². The number of hydrogen-bond donors (Lipinski definition) is 1. The zero-order valence-electron chi connectivity index (χ0n) is 9.72. The number of amides is 2. The Morgan fingerprint density at radius 3 is 2.47 bits per heavy atom. The van der Waals surface area contributed by atoms with Crippen LogP contribution in [0.2, 0.25) is 0 Å². The van der Waals surface area contributed by atoms with Crippen molar-refractivity contribution < 1.29 is 14.7 Å². The molecule has 1 aliphatic heterocycles. The molecule has 0 radical (unpaired) electrons. The van der Waals surface area contributed by atoms with E-state index in [2.05, 4.69) is 0 Å². The fourth-order valence-electron chi connectivity index (χ4n) is 1.99. The van der Waals surface area contributed by atoms with Gasteiger partial charge in [0.15, 0.2) is 0 Å². The maximum absolute atomic E-state index is 11.7. The Balaban J connectivity index is 1.96. The van der Waals surface area contributed by atoms with E-state index in [1.807, 2.05) is 0 Å². The first-order valence-electron chi connectivity index (χ1n) is 5.70. The second kappa shape index (κ2) is 4.57. The van der Waals surface area contributed by atoms with E-state index in [0.29, 0.717) is 19.4 Å². The highest BCUT2D eigenvalue weighted by molar-refractivity contribution is 6.03. The molecule has 4 heteroatoms. The van der Waals surface area contributed by atoms with Crippen LogP contribution in [-0.4, -0.2) is 28.4 Å². The van der Waals surface area contributed by atoms with Crippen molar-refractivity contribution in [2.75, 3.05) is 6.54 Å². The molecule has 0 aliphatic carbocycles. The highest BCUT2D eigenvalue weighted by Gasteiger charge is 2.34. The van der Waals surface area contributed by atoms with Gasteiger partial charge in [-0.15, -0.1) is 0 Å². The van der Waals surface area contributed by atoms with E-state index in [4.69, 9.17) is 5.11 Å². The van der Waals surface area contributed by atoms with E-state index in [-0.39, 0.29) is 23.5 Å². The molecule has 1 fully saturated rings. The lowest BCUT2D eigenvalue weighted by molar-refractivity contribution is -0.139. The third-order valence-corrected chi connectivity index (χ3v) is 3.03. The van der Waals surface area contributed by atoms with Crippen LogP contribution in [0.5, 0.6) is 5.75 Å². The Kier molecular flexibility index (Phi) is 3.13. The van der Waals surface area contributed by atoms with Crippen LogP contribution in [0, 0.1) is 5.92 Å². The molecule has 1 N–H and O–H groups in total. The molecule has 0 aromatic heterocycles. The first kappa shape index (κ1) is 11.6.